The minimum atomic E-state index is 0.388. The van der Waals surface area contributed by atoms with Crippen LogP contribution >= 0.6 is 0 Å². The molecule has 0 aliphatic heterocycles. The van der Waals surface area contributed by atoms with Gasteiger partial charge in [-0.25, -0.2) is 0 Å². The second-order valence-corrected chi connectivity index (χ2v) is 2.82. The highest BCUT2D eigenvalue weighted by atomic mass is 14.6. The van der Waals surface area contributed by atoms with Gasteiger partial charge in [-0.3, -0.25) is 0 Å². The zero-order valence-electron chi connectivity index (χ0n) is 5.43. The number of hydrogen-bond acceptors (Lipinski definition) is 1. The van der Waals surface area contributed by atoms with Gasteiger partial charge in [0.05, 0.1) is 0 Å². The van der Waals surface area contributed by atoms with Crippen molar-refractivity contribution in [2.45, 2.75) is 32.2 Å². The quantitative estimate of drug-likeness (QED) is 0.502. The average molecular weight is 112 g/mol. The van der Waals surface area contributed by atoms with Crippen LogP contribution in [-0.4, -0.2) is 6.04 Å². The Labute approximate surface area is 51.3 Å². The van der Waals surface area contributed by atoms with Crippen molar-refractivity contribution in [3.05, 3.63) is 6.42 Å². The summed E-state index contributed by atoms with van der Waals surface area (Å²) in [7, 11) is 0. The molecule has 0 bridgehead atoms. The van der Waals surface area contributed by atoms with Crippen molar-refractivity contribution in [2.24, 2.45) is 11.7 Å². The lowest BCUT2D eigenvalue weighted by atomic mass is 9.88. The fourth-order valence-electron chi connectivity index (χ4n) is 1.27. The molecule has 1 radical (unpaired) electrons. The Kier molecular flexibility index (Phi) is 1.90. The van der Waals surface area contributed by atoms with E-state index < -0.39 is 0 Å². The Morgan fingerprint density at radius 3 is 2.75 bits per heavy atom. The van der Waals surface area contributed by atoms with Crippen LogP contribution in [0.15, 0.2) is 0 Å². The molecule has 1 fully saturated rings. The largest absolute Gasteiger partial charge is 0.327 e. The molecule has 2 atom stereocenters. The van der Waals surface area contributed by atoms with E-state index in [1.165, 1.54) is 19.3 Å². The molecular formula is C7H14N. The second kappa shape index (κ2) is 2.49. The SMILES string of the molecule is CC1CC[CH]C(N)C1. The van der Waals surface area contributed by atoms with Gasteiger partial charge in [-0.05, 0) is 25.2 Å². The van der Waals surface area contributed by atoms with E-state index in [9.17, 15) is 0 Å². The zero-order chi connectivity index (χ0) is 5.98. The molecule has 0 aromatic heterocycles. The fourth-order valence-corrected chi connectivity index (χ4v) is 1.27. The summed E-state index contributed by atoms with van der Waals surface area (Å²) >= 11 is 0. The lowest BCUT2D eigenvalue weighted by Crippen LogP contribution is -2.27. The first kappa shape index (κ1) is 6.09. The maximum Gasteiger partial charge on any atom is 0.00729 e. The van der Waals surface area contributed by atoms with Crippen LogP contribution < -0.4 is 5.73 Å². The first-order chi connectivity index (χ1) is 3.79. The van der Waals surface area contributed by atoms with E-state index >= 15 is 0 Å². The molecule has 1 aliphatic rings. The van der Waals surface area contributed by atoms with E-state index in [4.69, 9.17) is 5.73 Å². The van der Waals surface area contributed by atoms with Crippen molar-refractivity contribution in [3.63, 3.8) is 0 Å². The van der Waals surface area contributed by atoms with E-state index in [-0.39, 0.29) is 0 Å². The Hall–Kier alpha value is -0.0400. The number of hydrogen-bond donors (Lipinski definition) is 1. The second-order valence-electron chi connectivity index (χ2n) is 2.82. The van der Waals surface area contributed by atoms with Crippen LogP contribution in [0.5, 0.6) is 0 Å². The van der Waals surface area contributed by atoms with Crippen molar-refractivity contribution in [1.82, 2.24) is 0 Å². The predicted octanol–water partition coefficient (Wildman–Crippen LogP) is 1.34. The first-order valence-corrected chi connectivity index (χ1v) is 3.38. The highest BCUT2D eigenvalue weighted by molar-refractivity contribution is 4.86. The maximum absolute atomic E-state index is 5.67. The third kappa shape index (κ3) is 1.48. The Morgan fingerprint density at radius 2 is 2.38 bits per heavy atom. The summed E-state index contributed by atoms with van der Waals surface area (Å²) in [6, 6.07) is 0.388. The highest BCUT2D eigenvalue weighted by Gasteiger charge is 2.14. The molecule has 0 aromatic carbocycles. The minimum absolute atomic E-state index is 0.388. The third-order valence-electron chi connectivity index (χ3n) is 1.80. The van der Waals surface area contributed by atoms with Gasteiger partial charge in [-0.1, -0.05) is 13.3 Å². The van der Waals surface area contributed by atoms with E-state index in [2.05, 4.69) is 13.3 Å². The molecule has 8 heavy (non-hydrogen) atoms. The molecular weight excluding hydrogens is 98.1 g/mol. The van der Waals surface area contributed by atoms with Gasteiger partial charge >= 0.3 is 0 Å². The number of rotatable bonds is 0. The van der Waals surface area contributed by atoms with Crippen LogP contribution in [0.4, 0.5) is 0 Å². The van der Waals surface area contributed by atoms with Gasteiger partial charge in [0.1, 0.15) is 0 Å². The molecule has 0 spiro atoms. The summed E-state index contributed by atoms with van der Waals surface area (Å²) in [5.74, 6) is 0.856. The zero-order valence-corrected chi connectivity index (χ0v) is 5.43. The smallest absolute Gasteiger partial charge is 0.00729 e. The van der Waals surface area contributed by atoms with Crippen molar-refractivity contribution in [3.8, 4) is 0 Å². The van der Waals surface area contributed by atoms with Gasteiger partial charge in [-0.15, -0.1) is 0 Å². The van der Waals surface area contributed by atoms with Gasteiger partial charge < -0.3 is 5.73 Å². The van der Waals surface area contributed by atoms with E-state index in [0.717, 1.165) is 5.92 Å². The summed E-state index contributed by atoms with van der Waals surface area (Å²) in [6.07, 6.45) is 5.98. The van der Waals surface area contributed by atoms with Crippen LogP contribution in [0, 0.1) is 12.3 Å². The maximum atomic E-state index is 5.67. The van der Waals surface area contributed by atoms with Gasteiger partial charge in [0.15, 0.2) is 0 Å². The van der Waals surface area contributed by atoms with Crippen molar-refractivity contribution in [2.75, 3.05) is 0 Å². The lowest BCUT2D eigenvalue weighted by molar-refractivity contribution is 0.403. The third-order valence-corrected chi connectivity index (χ3v) is 1.80. The molecule has 1 heteroatoms. The molecule has 0 heterocycles. The van der Waals surface area contributed by atoms with E-state index in [0.29, 0.717) is 6.04 Å². The molecule has 2 N–H and O–H groups in total. The molecule has 0 aromatic rings. The van der Waals surface area contributed by atoms with E-state index in [1.54, 1.807) is 0 Å². The molecule has 1 nitrogen and oxygen atoms in total. The van der Waals surface area contributed by atoms with Gasteiger partial charge in [0, 0.05) is 6.04 Å². The van der Waals surface area contributed by atoms with Gasteiger partial charge in [0.25, 0.3) is 0 Å². The summed E-state index contributed by atoms with van der Waals surface area (Å²) < 4.78 is 0. The van der Waals surface area contributed by atoms with E-state index in [1.807, 2.05) is 0 Å². The van der Waals surface area contributed by atoms with Crippen molar-refractivity contribution in [1.29, 1.82) is 0 Å². The molecule has 0 saturated heterocycles. The van der Waals surface area contributed by atoms with Crippen LogP contribution in [-0.2, 0) is 0 Å². The fraction of sp³-hybridized carbons (Fsp3) is 0.857. The van der Waals surface area contributed by atoms with Gasteiger partial charge in [0.2, 0.25) is 0 Å². The Balaban J connectivity index is 2.23. The van der Waals surface area contributed by atoms with Crippen LogP contribution in [0.3, 0.4) is 0 Å². The summed E-state index contributed by atoms with van der Waals surface area (Å²) in [5, 5.41) is 0. The molecule has 1 rings (SSSR count). The molecule has 47 valence electrons. The van der Waals surface area contributed by atoms with Crippen LogP contribution in [0.2, 0.25) is 0 Å². The van der Waals surface area contributed by atoms with Crippen LogP contribution in [0.25, 0.3) is 0 Å². The average Bonchev–Trinajstić information content (AvgIpc) is 1.64. The Morgan fingerprint density at radius 1 is 1.62 bits per heavy atom. The predicted molar refractivity (Wildman–Crippen MR) is 35.3 cm³/mol. The molecule has 1 aliphatic carbocycles. The first-order valence-electron chi connectivity index (χ1n) is 3.38. The summed E-state index contributed by atoms with van der Waals surface area (Å²) in [5.41, 5.74) is 5.67. The highest BCUT2D eigenvalue weighted by Crippen LogP contribution is 2.20. The normalized spacial score (nSPS) is 39.8. The summed E-state index contributed by atoms with van der Waals surface area (Å²) in [4.78, 5) is 0. The minimum Gasteiger partial charge on any atom is -0.327 e. The van der Waals surface area contributed by atoms with Crippen LogP contribution in [0.1, 0.15) is 26.2 Å². The molecule has 0 amide bonds. The Bertz CT molecular complexity index is 62.8. The molecule has 2 unspecified atom stereocenters. The van der Waals surface area contributed by atoms with Crippen molar-refractivity contribution < 1.29 is 0 Å². The topological polar surface area (TPSA) is 26.0 Å². The van der Waals surface area contributed by atoms with Gasteiger partial charge in [-0.2, -0.15) is 0 Å². The molecule has 1 saturated carbocycles. The summed E-state index contributed by atoms with van der Waals surface area (Å²) in [6.45, 7) is 2.27. The van der Waals surface area contributed by atoms with Crippen molar-refractivity contribution >= 4 is 0 Å². The standard InChI is InChI=1S/C7H14N/c1-6-3-2-4-7(8)5-6/h4,6-7H,2-3,5,8H2,1H3. The lowest BCUT2D eigenvalue weighted by Gasteiger charge is -2.22. The number of nitrogens with two attached hydrogens (primary N) is 1. The monoisotopic (exact) mass is 112 g/mol.